The maximum absolute atomic E-state index is 5.82. The van der Waals surface area contributed by atoms with Crippen LogP contribution in [0.4, 0.5) is 0 Å². The number of hydrogen-bond donors (Lipinski definition) is 1. The molecule has 19 heavy (non-hydrogen) atoms. The molecule has 1 N–H and O–H groups in total. The molecule has 0 amide bonds. The van der Waals surface area contributed by atoms with Gasteiger partial charge in [0.2, 0.25) is 0 Å². The molecule has 0 radical (unpaired) electrons. The van der Waals surface area contributed by atoms with E-state index in [-0.39, 0.29) is 0 Å². The summed E-state index contributed by atoms with van der Waals surface area (Å²) in [6.45, 7) is 6.71. The summed E-state index contributed by atoms with van der Waals surface area (Å²) in [6.07, 6.45) is 1.01. The number of benzene rings is 1. The van der Waals surface area contributed by atoms with Gasteiger partial charge in [-0.1, -0.05) is 25.1 Å². The van der Waals surface area contributed by atoms with E-state index < -0.39 is 0 Å². The molecule has 0 saturated carbocycles. The maximum atomic E-state index is 5.82. The van der Waals surface area contributed by atoms with Crippen molar-refractivity contribution in [2.75, 3.05) is 0 Å². The number of hydrogen-bond acceptors (Lipinski definition) is 3. The molecule has 1 heterocycles. The zero-order valence-corrected chi connectivity index (χ0v) is 12.3. The molecule has 1 aromatic heterocycles. The number of para-hydroxylation sites is 1. The van der Waals surface area contributed by atoms with Gasteiger partial charge in [0, 0.05) is 6.04 Å². The third-order valence-corrected chi connectivity index (χ3v) is 3.55. The number of aromatic nitrogens is 3. The minimum absolute atomic E-state index is 0.321. The van der Waals surface area contributed by atoms with Gasteiger partial charge in [-0.3, -0.25) is 9.67 Å². The Bertz CT molecular complexity index is 603. The summed E-state index contributed by atoms with van der Waals surface area (Å²) < 4.78 is 8.49. The van der Waals surface area contributed by atoms with Crippen LogP contribution >= 0.6 is 12.2 Å². The Labute approximate surface area is 118 Å². The minimum atomic E-state index is 0.321. The van der Waals surface area contributed by atoms with Crippen LogP contribution in [-0.4, -0.2) is 14.8 Å². The van der Waals surface area contributed by atoms with Gasteiger partial charge >= 0.3 is 0 Å². The van der Waals surface area contributed by atoms with Crippen LogP contribution in [-0.2, 0) is 6.61 Å². The molecule has 2 rings (SSSR count). The van der Waals surface area contributed by atoms with Gasteiger partial charge in [0.25, 0.3) is 0 Å². The summed E-state index contributed by atoms with van der Waals surface area (Å²) in [4.78, 5) is 0. The normalized spacial score (nSPS) is 12.4. The number of aryl methyl sites for hydroxylation is 1. The van der Waals surface area contributed by atoms with Crippen LogP contribution in [0.25, 0.3) is 0 Å². The van der Waals surface area contributed by atoms with Crippen molar-refractivity contribution in [3.8, 4) is 5.75 Å². The number of nitrogens with zero attached hydrogens (tertiary/aromatic N) is 2. The molecule has 2 aromatic rings. The fourth-order valence-corrected chi connectivity index (χ4v) is 2.27. The smallest absolute Gasteiger partial charge is 0.195 e. The second kappa shape index (κ2) is 6.02. The first kappa shape index (κ1) is 13.8. The Morgan fingerprint density at radius 3 is 2.84 bits per heavy atom. The maximum Gasteiger partial charge on any atom is 0.195 e. The fourth-order valence-electron chi connectivity index (χ4n) is 1.94. The van der Waals surface area contributed by atoms with Crippen LogP contribution in [0.3, 0.4) is 0 Å². The molecule has 0 saturated heterocycles. The molecule has 0 unspecified atom stereocenters. The van der Waals surface area contributed by atoms with Gasteiger partial charge < -0.3 is 4.74 Å². The molecule has 0 aliphatic heterocycles. The minimum Gasteiger partial charge on any atom is -0.485 e. The van der Waals surface area contributed by atoms with Crippen LogP contribution in [0.1, 0.15) is 37.7 Å². The van der Waals surface area contributed by atoms with E-state index in [1.165, 1.54) is 0 Å². The van der Waals surface area contributed by atoms with Crippen molar-refractivity contribution in [3.63, 3.8) is 0 Å². The summed E-state index contributed by atoms with van der Waals surface area (Å²) in [7, 11) is 0. The van der Waals surface area contributed by atoms with Gasteiger partial charge in [-0.25, -0.2) is 0 Å². The summed E-state index contributed by atoms with van der Waals surface area (Å²) >= 11 is 5.26. The first-order valence-electron chi connectivity index (χ1n) is 6.47. The van der Waals surface area contributed by atoms with Crippen LogP contribution in [0.5, 0.6) is 5.75 Å². The Morgan fingerprint density at radius 2 is 2.16 bits per heavy atom. The highest BCUT2D eigenvalue weighted by atomic mass is 32.1. The molecule has 5 heteroatoms. The van der Waals surface area contributed by atoms with E-state index in [4.69, 9.17) is 17.0 Å². The van der Waals surface area contributed by atoms with Crippen LogP contribution < -0.4 is 4.74 Å². The van der Waals surface area contributed by atoms with Gasteiger partial charge in [-0.05, 0) is 44.1 Å². The average Bonchev–Trinajstić information content (AvgIpc) is 2.78. The third kappa shape index (κ3) is 3.04. The molecule has 0 spiro atoms. The zero-order valence-electron chi connectivity index (χ0n) is 11.5. The number of rotatable bonds is 5. The highest BCUT2D eigenvalue weighted by molar-refractivity contribution is 7.71. The first-order valence-corrected chi connectivity index (χ1v) is 6.88. The van der Waals surface area contributed by atoms with E-state index in [1.54, 1.807) is 0 Å². The Morgan fingerprint density at radius 1 is 1.42 bits per heavy atom. The predicted octanol–water partition coefficient (Wildman–Crippen LogP) is 3.80. The van der Waals surface area contributed by atoms with Crippen LogP contribution in [0.2, 0.25) is 0 Å². The van der Waals surface area contributed by atoms with E-state index in [0.29, 0.717) is 17.4 Å². The van der Waals surface area contributed by atoms with Crippen LogP contribution in [0, 0.1) is 11.7 Å². The van der Waals surface area contributed by atoms with E-state index in [2.05, 4.69) is 24.0 Å². The van der Waals surface area contributed by atoms with E-state index in [9.17, 15) is 0 Å². The largest absolute Gasteiger partial charge is 0.485 e. The molecule has 0 fully saturated rings. The van der Waals surface area contributed by atoms with Gasteiger partial charge in [0.1, 0.15) is 12.4 Å². The van der Waals surface area contributed by atoms with Gasteiger partial charge in [0.15, 0.2) is 10.6 Å². The third-order valence-electron chi connectivity index (χ3n) is 3.26. The van der Waals surface area contributed by atoms with Crippen molar-refractivity contribution >= 4 is 12.2 Å². The lowest BCUT2D eigenvalue weighted by Gasteiger charge is -2.14. The lowest BCUT2D eigenvalue weighted by molar-refractivity contribution is 0.282. The van der Waals surface area contributed by atoms with Crippen molar-refractivity contribution < 1.29 is 4.74 Å². The summed E-state index contributed by atoms with van der Waals surface area (Å²) in [5.74, 6) is 1.72. The molecule has 0 bridgehead atoms. The van der Waals surface area contributed by atoms with Crippen molar-refractivity contribution in [2.24, 2.45) is 0 Å². The van der Waals surface area contributed by atoms with Crippen molar-refractivity contribution in [2.45, 2.75) is 39.8 Å². The highest BCUT2D eigenvalue weighted by Crippen LogP contribution is 2.19. The van der Waals surface area contributed by atoms with E-state index in [1.807, 2.05) is 35.8 Å². The Kier molecular flexibility index (Phi) is 4.37. The Hall–Kier alpha value is -1.62. The topological polar surface area (TPSA) is 42.8 Å². The number of aromatic amines is 1. The zero-order chi connectivity index (χ0) is 13.8. The van der Waals surface area contributed by atoms with E-state index >= 15 is 0 Å². The van der Waals surface area contributed by atoms with E-state index in [0.717, 1.165) is 23.6 Å². The van der Waals surface area contributed by atoms with Crippen molar-refractivity contribution in [1.82, 2.24) is 14.8 Å². The highest BCUT2D eigenvalue weighted by Gasteiger charge is 2.12. The summed E-state index contributed by atoms with van der Waals surface area (Å²) in [5.41, 5.74) is 1.12. The second-order valence-corrected chi connectivity index (χ2v) is 5.01. The number of nitrogens with one attached hydrogen (secondary N) is 1. The monoisotopic (exact) mass is 277 g/mol. The Balaban J connectivity index is 2.17. The van der Waals surface area contributed by atoms with Gasteiger partial charge in [-0.15, -0.1) is 0 Å². The van der Waals surface area contributed by atoms with Gasteiger partial charge in [-0.2, -0.15) is 5.10 Å². The number of ether oxygens (including phenoxy) is 1. The van der Waals surface area contributed by atoms with Crippen molar-refractivity contribution in [3.05, 3.63) is 40.4 Å². The average molecular weight is 277 g/mol. The van der Waals surface area contributed by atoms with Crippen molar-refractivity contribution in [1.29, 1.82) is 0 Å². The molecule has 1 atom stereocenters. The number of H-pyrrole nitrogens is 1. The molecule has 0 aliphatic rings. The SMILES string of the molecule is CC[C@@H](C)n1c(COc2ccccc2C)n[nH]c1=S. The molecule has 102 valence electrons. The predicted molar refractivity (Wildman–Crippen MR) is 77.9 cm³/mol. The standard InChI is InChI=1S/C14H19N3OS/c1-4-11(3)17-13(15-16-14(17)19)9-18-12-8-6-5-7-10(12)2/h5-8,11H,4,9H2,1-3H3,(H,16,19)/t11-/m1/s1. The molecule has 0 aliphatic carbocycles. The first-order chi connectivity index (χ1) is 9.13. The summed E-state index contributed by atoms with van der Waals surface area (Å²) in [5, 5.41) is 7.09. The molecular weight excluding hydrogens is 258 g/mol. The lowest BCUT2D eigenvalue weighted by atomic mass is 10.2. The van der Waals surface area contributed by atoms with Gasteiger partial charge in [0.05, 0.1) is 0 Å². The second-order valence-electron chi connectivity index (χ2n) is 4.63. The molecule has 1 aromatic carbocycles. The quantitative estimate of drug-likeness (QED) is 0.845. The fraction of sp³-hybridized carbons (Fsp3) is 0.429. The summed E-state index contributed by atoms with van der Waals surface area (Å²) in [6, 6.07) is 8.28. The molecular formula is C14H19N3OS. The molecule has 4 nitrogen and oxygen atoms in total. The lowest BCUT2D eigenvalue weighted by Crippen LogP contribution is -2.11. The van der Waals surface area contributed by atoms with Crippen LogP contribution in [0.15, 0.2) is 24.3 Å².